The van der Waals surface area contributed by atoms with Crippen LogP contribution in [0.15, 0.2) is 41.7 Å². The number of carbonyl (C=O) groups excluding carboxylic acids is 4. The molecular formula is C20H18O7. The van der Waals surface area contributed by atoms with Gasteiger partial charge in [-0.15, -0.1) is 0 Å². The highest BCUT2D eigenvalue weighted by Crippen LogP contribution is 2.41. The number of ketones is 2. The number of benzene rings is 1. The number of esters is 2. The molecule has 2 unspecified atom stereocenters. The first-order valence-electron chi connectivity index (χ1n) is 8.42. The third-order valence-electron chi connectivity index (χ3n) is 4.46. The summed E-state index contributed by atoms with van der Waals surface area (Å²) in [6, 6.07) is 4.49. The van der Waals surface area contributed by atoms with Crippen LogP contribution in [0.25, 0.3) is 0 Å². The van der Waals surface area contributed by atoms with Gasteiger partial charge < -0.3 is 14.6 Å². The molecule has 1 N–H and O–H groups in total. The third-order valence-corrected chi connectivity index (χ3v) is 4.46. The Kier molecular flexibility index (Phi) is 5.05. The molecule has 0 aromatic heterocycles. The van der Waals surface area contributed by atoms with E-state index >= 15 is 0 Å². The minimum atomic E-state index is -0.925. The van der Waals surface area contributed by atoms with Crippen LogP contribution in [0.1, 0.15) is 41.0 Å². The summed E-state index contributed by atoms with van der Waals surface area (Å²) in [6.45, 7) is 2.09. The zero-order valence-corrected chi connectivity index (χ0v) is 14.9. The maximum Gasteiger partial charge on any atom is 0.308 e. The molecule has 0 heterocycles. The van der Waals surface area contributed by atoms with Gasteiger partial charge in [-0.2, -0.15) is 0 Å². The molecule has 2 atom stereocenters. The average molecular weight is 370 g/mol. The van der Waals surface area contributed by atoms with Crippen molar-refractivity contribution in [1.29, 1.82) is 0 Å². The Hall–Kier alpha value is -3.06. The van der Waals surface area contributed by atoms with Gasteiger partial charge in [0.2, 0.25) is 0 Å². The van der Waals surface area contributed by atoms with E-state index in [4.69, 9.17) is 9.47 Å². The van der Waals surface area contributed by atoms with Crippen molar-refractivity contribution in [1.82, 2.24) is 0 Å². The van der Waals surface area contributed by atoms with Crippen molar-refractivity contribution in [2.24, 2.45) is 11.8 Å². The van der Waals surface area contributed by atoms with E-state index in [1.54, 1.807) is 6.08 Å². The molecule has 0 saturated carbocycles. The molecule has 0 bridgehead atoms. The van der Waals surface area contributed by atoms with E-state index in [-0.39, 0.29) is 41.4 Å². The first-order chi connectivity index (χ1) is 12.8. The van der Waals surface area contributed by atoms with Crippen molar-refractivity contribution < 1.29 is 33.8 Å². The molecule has 27 heavy (non-hydrogen) atoms. The van der Waals surface area contributed by atoms with Crippen LogP contribution >= 0.6 is 0 Å². The first-order valence-corrected chi connectivity index (χ1v) is 8.42. The highest BCUT2D eigenvalue weighted by Gasteiger charge is 2.42. The molecule has 3 rings (SSSR count). The molecule has 0 saturated heterocycles. The highest BCUT2D eigenvalue weighted by atomic mass is 16.5. The second kappa shape index (κ2) is 7.28. The van der Waals surface area contributed by atoms with Crippen molar-refractivity contribution in [3.63, 3.8) is 0 Å². The Bertz CT molecular complexity index is 907. The molecule has 7 nitrogen and oxygen atoms in total. The largest absolute Gasteiger partial charge is 0.430 e. The van der Waals surface area contributed by atoms with Crippen LogP contribution in [-0.4, -0.2) is 35.2 Å². The SMILES string of the molecule is CC(=O)OC1=CC(CO)=CC2CC(=O)c3cccc(OC(C)=O)c3C(=O)C12. The van der Waals surface area contributed by atoms with Gasteiger partial charge in [0, 0.05) is 31.7 Å². The number of hydrogen-bond donors (Lipinski definition) is 1. The normalized spacial score (nSPS) is 21.3. The summed E-state index contributed by atoms with van der Waals surface area (Å²) in [5, 5.41) is 9.47. The van der Waals surface area contributed by atoms with Gasteiger partial charge in [-0.3, -0.25) is 19.2 Å². The van der Waals surface area contributed by atoms with Crippen LogP contribution < -0.4 is 4.74 Å². The lowest BCUT2D eigenvalue weighted by Gasteiger charge is -2.27. The molecule has 0 radical (unpaired) electrons. The minimum Gasteiger partial charge on any atom is -0.430 e. The number of aliphatic hydroxyl groups is 1. The monoisotopic (exact) mass is 370 g/mol. The molecule has 1 aromatic carbocycles. The van der Waals surface area contributed by atoms with E-state index in [1.807, 2.05) is 0 Å². The molecule has 0 aliphatic heterocycles. The molecule has 7 heteroatoms. The molecule has 0 fully saturated rings. The van der Waals surface area contributed by atoms with Gasteiger partial charge in [-0.05, 0) is 17.7 Å². The number of carbonyl (C=O) groups is 4. The highest BCUT2D eigenvalue weighted by molar-refractivity contribution is 6.14. The van der Waals surface area contributed by atoms with Gasteiger partial charge in [0.15, 0.2) is 11.6 Å². The maximum absolute atomic E-state index is 13.3. The number of fused-ring (bicyclic) bond motifs is 2. The van der Waals surface area contributed by atoms with Gasteiger partial charge in [0.05, 0.1) is 18.1 Å². The van der Waals surface area contributed by atoms with E-state index in [2.05, 4.69) is 0 Å². The van der Waals surface area contributed by atoms with Crippen molar-refractivity contribution >= 4 is 23.5 Å². The van der Waals surface area contributed by atoms with Crippen LogP contribution in [0.2, 0.25) is 0 Å². The van der Waals surface area contributed by atoms with Crippen LogP contribution in [0.3, 0.4) is 0 Å². The summed E-state index contributed by atoms with van der Waals surface area (Å²) in [4.78, 5) is 49.0. The molecule has 2 aliphatic carbocycles. The Morgan fingerprint density at radius 2 is 1.85 bits per heavy atom. The fraction of sp³-hybridized carbons (Fsp3) is 0.300. The van der Waals surface area contributed by atoms with Gasteiger partial charge >= 0.3 is 11.9 Å². The zero-order valence-electron chi connectivity index (χ0n) is 14.9. The number of allylic oxidation sites excluding steroid dienone is 2. The first kappa shape index (κ1) is 18.7. The fourth-order valence-electron chi connectivity index (χ4n) is 3.50. The van der Waals surface area contributed by atoms with Gasteiger partial charge in [-0.1, -0.05) is 18.2 Å². The van der Waals surface area contributed by atoms with Crippen molar-refractivity contribution in [3.05, 3.63) is 52.8 Å². The van der Waals surface area contributed by atoms with E-state index in [0.717, 1.165) is 0 Å². The lowest BCUT2D eigenvalue weighted by molar-refractivity contribution is -0.137. The van der Waals surface area contributed by atoms with Gasteiger partial charge in [0.25, 0.3) is 0 Å². The minimum absolute atomic E-state index is 0.00175. The van der Waals surface area contributed by atoms with E-state index < -0.39 is 29.6 Å². The number of aliphatic hydroxyl groups excluding tert-OH is 1. The van der Waals surface area contributed by atoms with Crippen molar-refractivity contribution in [2.45, 2.75) is 20.3 Å². The number of rotatable bonds is 3. The smallest absolute Gasteiger partial charge is 0.308 e. The quantitative estimate of drug-likeness (QED) is 0.640. The predicted octanol–water partition coefficient (Wildman–Crippen LogP) is 1.99. The van der Waals surface area contributed by atoms with Crippen LogP contribution in [0, 0.1) is 11.8 Å². The van der Waals surface area contributed by atoms with Crippen LogP contribution in [0.4, 0.5) is 0 Å². The predicted molar refractivity (Wildman–Crippen MR) is 93.0 cm³/mol. The molecule has 0 spiro atoms. The Labute approximate surface area is 155 Å². The van der Waals surface area contributed by atoms with Crippen molar-refractivity contribution in [2.75, 3.05) is 6.61 Å². The second-order valence-corrected chi connectivity index (χ2v) is 6.45. The average Bonchev–Trinajstić information content (AvgIpc) is 2.69. The van der Waals surface area contributed by atoms with E-state index in [9.17, 15) is 24.3 Å². The molecular weight excluding hydrogens is 352 g/mol. The molecule has 0 amide bonds. The standard InChI is InChI=1S/C20H18O7/c1-10(22)26-16-5-3-4-14-15(24)8-13-6-12(9-21)7-17(27-11(2)23)18(13)20(25)19(14)16/h3-7,13,18,21H,8-9H2,1-2H3. The fourth-order valence-corrected chi connectivity index (χ4v) is 3.50. The molecule has 140 valence electrons. The van der Waals surface area contributed by atoms with E-state index in [1.165, 1.54) is 38.1 Å². The van der Waals surface area contributed by atoms with Crippen molar-refractivity contribution in [3.8, 4) is 5.75 Å². The lowest BCUT2D eigenvalue weighted by atomic mass is 9.79. The second-order valence-electron chi connectivity index (χ2n) is 6.45. The zero-order chi connectivity index (χ0) is 19.7. The van der Waals surface area contributed by atoms with Crippen LogP contribution in [0.5, 0.6) is 5.75 Å². The number of hydrogen-bond acceptors (Lipinski definition) is 7. The van der Waals surface area contributed by atoms with Gasteiger partial charge in [-0.25, -0.2) is 0 Å². The molecule has 1 aromatic rings. The lowest BCUT2D eigenvalue weighted by Crippen LogP contribution is -2.29. The van der Waals surface area contributed by atoms with Crippen LogP contribution in [-0.2, 0) is 14.3 Å². The summed E-state index contributed by atoms with van der Waals surface area (Å²) in [5.41, 5.74) is 0.623. The topological polar surface area (TPSA) is 107 Å². The van der Waals surface area contributed by atoms with Gasteiger partial charge in [0.1, 0.15) is 11.5 Å². The third kappa shape index (κ3) is 3.59. The summed E-state index contributed by atoms with van der Waals surface area (Å²) < 4.78 is 10.4. The maximum atomic E-state index is 13.3. The Morgan fingerprint density at radius 3 is 2.48 bits per heavy atom. The Balaban J connectivity index is 2.16. The molecule has 2 aliphatic rings. The van der Waals surface area contributed by atoms with E-state index in [0.29, 0.717) is 5.57 Å². The Morgan fingerprint density at radius 1 is 1.15 bits per heavy atom. The summed E-state index contributed by atoms with van der Waals surface area (Å²) >= 11 is 0. The summed E-state index contributed by atoms with van der Waals surface area (Å²) in [5.74, 6) is -3.44. The number of ether oxygens (including phenoxy) is 2. The summed E-state index contributed by atoms with van der Waals surface area (Å²) in [6.07, 6.45) is 3.07. The number of Topliss-reactive ketones (excluding diaryl/α,β-unsaturated/α-hetero) is 2. The summed E-state index contributed by atoms with van der Waals surface area (Å²) in [7, 11) is 0.